The Kier molecular flexibility index (Phi) is 4.78. The molecule has 2 aromatic rings. The molecule has 0 bridgehead atoms. The molecule has 0 unspecified atom stereocenters. The van der Waals surface area contributed by atoms with Crippen LogP contribution >= 0.6 is 0 Å². The number of para-hydroxylation sites is 2. The Bertz CT molecular complexity index is 668. The molecular formula is C17H25N3O. The molecule has 0 atom stereocenters. The number of aromatic nitrogens is 2. The van der Waals surface area contributed by atoms with Crippen LogP contribution in [-0.4, -0.2) is 22.6 Å². The number of hydrogen-bond donors (Lipinski definition) is 1. The normalized spacial score (nSPS) is 12.0. The fourth-order valence-corrected chi connectivity index (χ4v) is 2.32. The minimum atomic E-state index is 0.00585. The number of nitrogens with one attached hydrogen (secondary N) is 1. The average molecular weight is 287 g/mol. The third-order valence-corrected chi connectivity index (χ3v) is 3.58. The summed E-state index contributed by atoms with van der Waals surface area (Å²) in [5.41, 5.74) is 2.69. The van der Waals surface area contributed by atoms with Crippen LogP contribution in [0.4, 0.5) is 0 Å². The van der Waals surface area contributed by atoms with E-state index in [0.29, 0.717) is 17.7 Å². The molecular weight excluding hydrogens is 262 g/mol. The number of nitrogens with zero attached hydrogens (tertiary/aromatic N) is 2. The van der Waals surface area contributed by atoms with Crippen molar-refractivity contribution >= 4 is 11.0 Å². The fourth-order valence-electron chi connectivity index (χ4n) is 2.32. The fraction of sp³-hybridized carbons (Fsp3) is 0.529. The first kappa shape index (κ1) is 15.7. The van der Waals surface area contributed by atoms with E-state index < -0.39 is 0 Å². The quantitative estimate of drug-likeness (QED) is 0.860. The predicted molar refractivity (Wildman–Crippen MR) is 87.7 cm³/mol. The standard InChI is InChI=1S/C17H25N3O/c1-13-16(21)20(12-11-18-10-9-17(2,3)4)15-8-6-5-7-14(15)19-13/h5-8,18H,9-12H2,1-4H3. The van der Waals surface area contributed by atoms with Crippen molar-refractivity contribution in [1.29, 1.82) is 0 Å². The van der Waals surface area contributed by atoms with Gasteiger partial charge in [-0.1, -0.05) is 32.9 Å². The molecule has 4 heteroatoms. The second-order valence-corrected chi connectivity index (χ2v) is 6.70. The lowest BCUT2D eigenvalue weighted by atomic mass is 9.92. The van der Waals surface area contributed by atoms with Crippen LogP contribution in [0.3, 0.4) is 0 Å². The van der Waals surface area contributed by atoms with E-state index >= 15 is 0 Å². The highest BCUT2D eigenvalue weighted by molar-refractivity contribution is 5.74. The summed E-state index contributed by atoms with van der Waals surface area (Å²) in [4.78, 5) is 16.6. The maximum atomic E-state index is 12.3. The van der Waals surface area contributed by atoms with Gasteiger partial charge in [0.25, 0.3) is 5.56 Å². The Labute approximate surface area is 126 Å². The molecule has 0 saturated carbocycles. The molecule has 0 aliphatic rings. The zero-order valence-electron chi connectivity index (χ0n) is 13.4. The van der Waals surface area contributed by atoms with Crippen LogP contribution in [0, 0.1) is 12.3 Å². The summed E-state index contributed by atoms with van der Waals surface area (Å²) < 4.78 is 1.82. The van der Waals surface area contributed by atoms with Crippen molar-refractivity contribution in [3.05, 3.63) is 40.3 Å². The van der Waals surface area contributed by atoms with Gasteiger partial charge < -0.3 is 9.88 Å². The third kappa shape index (κ3) is 4.14. The summed E-state index contributed by atoms with van der Waals surface area (Å²) in [7, 11) is 0. The molecule has 0 amide bonds. The summed E-state index contributed by atoms with van der Waals surface area (Å²) in [6.45, 7) is 10.9. The summed E-state index contributed by atoms with van der Waals surface area (Å²) in [6, 6.07) is 7.80. The molecule has 0 spiro atoms. The molecule has 0 aliphatic carbocycles. The minimum Gasteiger partial charge on any atom is -0.315 e. The molecule has 0 fully saturated rings. The van der Waals surface area contributed by atoms with Crippen LogP contribution in [0.15, 0.2) is 29.1 Å². The molecule has 1 N–H and O–H groups in total. The number of rotatable bonds is 5. The van der Waals surface area contributed by atoms with Crippen molar-refractivity contribution in [3.8, 4) is 0 Å². The predicted octanol–water partition coefficient (Wildman–Crippen LogP) is 2.73. The Balaban J connectivity index is 2.08. The van der Waals surface area contributed by atoms with E-state index in [-0.39, 0.29) is 5.56 Å². The van der Waals surface area contributed by atoms with Crippen LogP contribution in [0.25, 0.3) is 11.0 Å². The van der Waals surface area contributed by atoms with Gasteiger partial charge in [-0.15, -0.1) is 0 Å². The van der Waals surface area contributed by atoms with Gasteiger partial charge in [0.15, 0.2) is 0 Å². The lowest BCUT2D eigenvalue weighted by Gasteiger charge is -2.18. The highest BCUT2D eigenvalue weighted by atomic mass is 16.1. The van der Waals surface area contributed by atoms with E-state index in [0.717, 1.165) is 30.5 Å². The van der Waals surface area contributed by atoms with Crippen molar-refractivity contribution < 1.29 is 0 Å². The second-order valence-electron chi connectivity index (χ2n) is 6.70. The first-order chi connectivity index (χ1) is 9.88. The van der Waals surface area contributed by atoms with Gasteiger partial charge in [0.1, 0.15) is 5.69 Å². The van der Waals surface area contributed by atoms with Gasteiger partial charge in [0.2, 0.25) is 0 Å². The number of fused-ring (bicyclic) bond motifs is 1. The van der Waals surface area contributed by atoms with Gasteiger partial charge in [-0.05, 0) is 37.4 Å². The lowest BCUT2D eigenvalue weighted by molar-refractivity contribution is 0.365. The van der Waals surface area contributed by atoms with Crippen molar-refractivity contribution in [3.63, 3.8) is 0 Å². The maximum Gasteiger partial charge on any atom is 0.272 e. The number of benzene rings is 1. The SMILES string of the molecule is Cc1nc2ccccc2n(CCNCCC(C)(C)C)c1=O. The van der Waals surface area contributed by atoms with Gasteiger partial charge in [-0.2, -0.15) is 0 Å². The zero-order chi connectivity index (χ0) is 15.5. The van der Waals surface area contributed by atoms with Crippen LogP contribution in [0.2, 0.25) is 0 Å². The Morgan fingerprint density at radius 3 is 2.62 bits per heavy atom. The van der Waals surface area contributed by atoms with E-state index in [1.807, 2.05) is 28.8 Å². The molecule has 4 nitrogen and oxygen atoms in total. The summed E-state index contributed by atoms with van der Waals surface area (Å²) >= 11 is 0. The van der Waals surface area contributed by atoms with Crippen LogP contribution in [0.1, 0.15) is 32.9 Å². The summed E-state index contributed by atoms with van der Waals surface area (Å²) in [6.07, 6.45) is 1.12. The van der Waals surface area contributed by atoms with E-state index in [2.05, 4.69) is 31.1 Å². The summed E-state index contributed by atoms with van der Waals surface area (Å²) in [5, 5.41) is 3.42. The molecule has 1 heterocycles. The molecule has 1 aromatic heterocycles. The van der Waals surface area contributed by atoms with E-state index in [1.54, 1.807) is 6.92 Å². The number of hydrogen-bond acceptors (Lipinski definition) is 3. The van der Waals surface area contributed by atoms with Gasteiger partial charge in [-0.3, -0.25) is 4.79 Å². The third-order valence-electron chi connectivity index (χ3n) is 3.58. The second kappa shape index (κ2) is 6.39. The zero-order valence-corrected chi connectivity index (χ0v) is 13.4. The molecule has 2 rings (SSSR count). The maximum absolute atomic E-state index is 12.3. The van der Waals surface area contributed by atoms with Gasteiger partial charge in [-0.25, -0.2) is 4.98 Å². The molecule has 0 saturated heterocycles. The molecule has 114 valence electrons. The van der Waals surface area contributed by atoms with Crippen molar-refractivity contribution in [2.45, 2.75) is 40.7 Å². The molecule has 0 radical (unpaired) electrons. The van der Waals surface area contributed by atoms with Crippen LogP contribution < -0.4 is 10.9 Å². The van der Waals surface area contributed by atoms with Crippen molar-refractivity contribution in [2.75, 3.05) is 13.1 Å². The molecule has 21 heavy (non-hydrogen) atoms. The largest absolute Gasteiger partial charge is 0.315 e. The first-order valence-corrected chi connectivity index (χ1v) is 7.55. The first-order valence-electron chi connectivity index (χ1n) is 7.55. The molecule has 1 aromatic carbocycles. The van der Waals surface area contributed by atoms with Gasteiger partial charge in [0, 0.05) is 13.1 Å². The molecule has 0 aliphatic heterocycles. The van der Waals surface area contributed by atoms with E-state index in [1.165, 1.54) is 0 Å². The van der Waals surface area contributed by atoms with Crippen LogP contribution in [-0.2, 0) is 6.54 Å². The van der Waals surface area contributed by atoms with Crippen LogP contribution in [0.5, 0.6) is 0 Å². The van der Waals surface area contributed by atoms with Crippen molar-refractivity contribution in [1.82, 2.24) is 14.9 Å². The highest BCUT2D eigenvalue weighted by Gasteiger charge is 2.09. The lowest BCUT2D eigenvalue weighted by Crippen LogP contribution is -2.30. The Morgan fingerprint density at radius 2 is 1.90 bits per heavy atom. The van der Waals surface area contributed by atoms with Gasteiger partial charge in [0.05, 0.1) is 11.0 Å². The highest BCUT2D eigenvalue weighted by Crippen LogP contribution is 2.16. The minimum absolute atomic E-state index is 0.00585. The average Bonchev–Trinajstić information content (AvgIpc) is 2.41. The number of aryl methyl sites for hydroxylation is 1. The summed E-state index contributed by atoms with van der Waals surface area (Å²) in [5.74, 6) is 0. The van der Waals surface area contributed by atoms with Gasteiger partial charge >= 0.3 is 0 Å². The smallest absolute Gasteiger partial charge is 0.272 e. The van der Waals surface area contributed by atoms with E-state index in [4.69, 9.17) is 0 Å². The topological polar surface area (TPSA) is 46.9 Å². The van der Waals surface area contributed by atoms with Crippen molar-refractivity contribution in [2.24, 2.45) is 5.41 Å². The Morgan fingerprint density at radius 1 is 1.19 bits per heavy atom. The Hall–Kier alpha value is -1.68. The monoisotopic (exact) mass is 287 g/mol. The van der Waals surface area contributed by atoms with E-state index in [9.17, 15) is 4.79 Å².